The quantitative estimate of drug-likeness (QED) is 0.722. The monoisotopic (exact) mass is 252 g/mol. The number of H-pyrrole nitrogens is 1. The highest BCUT2D eigenvalue weighted by atomic mass is 16.3. The summed E-state index contributed by atoms with van der Waals surface area (Å²) in [5.74, 6) is 0.553. The Morgan fingerprint density at radius 2 is 2.26 bits per heavy atom. The number of nitrogens with one attached hydrogen (secondary N) is 1. The smallest absolute Gasteiger partial charge is 0.248 e. The zero-order valence-corrected chi connectivity index (χ0v) is 10.5. The zero-order chi connectivity index (χ0) is 12.8. The van der Waals surface area contributed by atoms with Gasteiger partial charge >= 0.3 is 0 Å². The van der Waals surface area contributed by atoms with Crippen LogP contribution in [0.3, 0.4) is 0 Å². The van der Waals surface area contributed by atoms with Crippen molar-refractivity contribution >= 4 is 16.8 Å². The predicted octanol–water partition coefficient (Wildman–Crippen LogP) is 2.25. The second kappa shape index (κ2) is 3.78. The van der Waals surface area contributed by atoms with Gasteiger partial charge in [-0.25, -0.2) is 9.97 Å². The number of benzene rings is 1. The van der Waals surface area contributed by atoms with E-state index in [1.54, 1.807) is 6.33 Å². The lowest BCUT2D eigenvalue weighted by atomic mass is 10.1. The highest BCUT2D eigenvalue weighted by Crippen LogP contribution is 2.23. The van der Waals surface area contributed by atoms with E-state index in [0.29, 0.717) is 5.89 Å². The Labute approximate surface area is 109 Å². The Hall–Kier alpha value is -2.43. The molecular formula is C14H12N4O. The number of aliphatic imine (C=N–C) groups is 1. The molecule has 94 valence electrons. The molecule has 2 aromatic heterocycles. The van der Waals surface area contributed by atoms with Crippen molar-refractivity contribution in [1.82, 2.24) is 15.0 Å². The lowest BCUT2D eigenvalue weighted by Gasteiger charge is -2.08. The molecule has 3 heterocycles. The maximum atomic E-state index is 5.82. The zero-order valence-electron chi connectivity index (χ0n) is 10.5. The minimum absolute atomic E-state index is 0.553. The molecule has 0 spiro atoms. The van der Waals surface area contributed by atoms with Crippen molar-refractivity contribution in [3.05, 3.63) is 47.4 Å². The molecule has 0 fully saturated rings. The topological polar surface area (TPSA) is 67.1 Å². The predicted molar refractivity (Wildman–Crippen MR) is 71.5 cm³/mol. The van der Waals surface area contributed by atoms with E-state index in [-0.39, 0.29) is 0 Å². The first-order valence-corrected chi connectivity index (χ1v) is 6.26. The van der Waals surface area contributed by atoms with Crippen molar-refractivity contribution in [3.8, 4) is 0 Å². The molecule has 0 radical (unpaired) electrons. The Morgan fingerprint density at radius 3 is 3.16 bits per heavy atom. The van der Waals surface area contributed by atoms with Gasteiger partial charge in [0.25, 0.3) is 0 Å². The number of rotatable bonds is 1. The summed E-state index contributed by atoms with van der Waals surface area (Å²) in [6.45, 7) is 2.76. The number of aryl methyl sites for hydroxylation is 1. The maximum Gasteiger partial charge on any atom is 0.248 e. The van der Waals surface area contributed by atoms with E-state index in [0.717, 1.165) is 46.7 Å². The molecule has 0 bridgehead atoms. The minimum atomic E-state index is 0.553. The Balaban J connectivity index is 1.92. The van der Waals surface area contributed by atoms with Gasteiger partial charge in [-0.2, -0.15) is 0 Å². The summed E-state index contributed by atoms with van der Waals surface area (Å²) >= 11 is 0. The number of oxazole rings is 1. The fourth-order valence-corrected chi connectivity index (χ4v) is 2.43. The number of aromatic nitrogens is 3. The number of fused-ring (bicyclic) bond motifs is 2. The number of hydrogen-bond acceptors (Lipinski definition) is 4. The molecule has 3 aromatic rings. The van der Waals surface area contributed by atoms with Crippen LogP contribution in [0.4, 0.5) is 0 Å². The molecular weight excluding hydrogens is 240 g/mol. The molecule has 19 heavy (non-hydrogen) atoms. The van der Waals surface area contributed by atoms with Gasteiger partial charge in [-0.1, -0.05) is 12.1 Å². The molecule has 1 aliphatic rings. The van der Waals surface area contributed by atoms with E-state index in [2.05, 4.69) is 19.9 Å². The van der Waals surface area contributed by atoms with E-state index in [1.807, 2.05) is 25.1 Å². The van der Waals surface area contributed by atoms with Crippen molar-refractivity contribution < 1.29 is 4.42 Å². The Kier molecular flexibility index (Phi) is 2.09. The van der Waals surface area contributed by atoms with Gasteiger partial charge < -0.3 is 9.40 Å². The van der Waals surface area contributed by atoms with Crippen molar-refractivity contribution in [2.45, 2.75) is 13.3 Å². The normalized spacial score (nSPS) is 14.5. The largest absolute Gasteiger partial charge is 0.435 e. The van der Waals surface area contributed by atoms with Gasteiger partial charge in [0.15, 0.2) is 5.58 Å². The summed E-state index contributed by atoms with van der Waals surface area (Å²) in [5, 5.41) is 0. The fourth-order valence-electron chi connectivity index (χ4n) is 2.43. The average Bonchev–Trinajstić information content (AvgIpc) is 3.05. The number of aromatic amines is 1. The Bertz CT molecular complexity index is 797. The summed E-state index contributed by atoms with van der Waals surface area (Å²) in [5.41, 5.74) is 5.49. The van der Waals surface area contributed by atoms with Crippen LogP contribution in [-0.4, -0.2) is 27.2 Å². The Morgan fingerprint density at radius 1 is 1.32 bits per heavy atom. The van der Waals surface area contributed by atoms with E-state index in [1.165, 1.54) is 0 Å². The van der Waals surface area contributed by atoms with Gasteiger partial charge in [0.05, 0.1) is 6.33 Å². The SMILES string of the molecule is Cc1cccc2oc(C3=NCCc4[nH]cnc43)nc12. The molecule has 1 N–H and O–H groups in total. The third kappa shape index (κ3) is 1.51. The molecule has 0 saturated heterocycles. The van der Waals surface area contributed by atoms with Gasteiger partial charge in [-0.05, 0) is 18.6 Å². The van der Waals surface area contributed by atoms with Gasteiger partial charge in [0.1, 0.15) is 16.9 Å². The van der Waals surface area contributed by atoms with Crippen LogP contribution in [0.25, 0.3) is 11.1 Å². The molecule has 0 aliphatic carbocycles. The van der Waals surface area contributed by atoms with Crippen LogP contribution >= 0.6 is 0 Å². The summed E-state index contributed by atoms with van der Waals surface area (Å²) in [6, 6.07) is 5.92. The maximum absolute atomic E-state index is 5.82. The summed E-state index contributed by atoms with van der Waals surface area (Å²) in [7, 11) is 0. The van der Waals surface area contributed by atoms with Gasteiger partial charge in [0.2, 0.25) is 5.89 Å². The minimum Gasteiger partial charge on any atom is -0.435 e. The van der Waals surface area contributed by atoms with Crippen molar-refractivity contribution in [1.29, 1.82) is 0 Å². The van der Waals surface area contributed by atoms with Crippen molar-refractivity contribution in [2.75, 3.05) is 6.54 Å². The number of hydrogen-bond donors (Lipinski definition) is 1. The molecule has 0 atom stereocenters. The summed E-state index contributed by atoms with van der Waals surface area (Å²) in [6.07, 6.45) is 2.58. The second-order valence-corrected chi connectivity index (χ2v) is 4.65. The highest BCUT2D eigenvalue weighted by Gasteiger charge is 2.22. The van der Waals surface area contributed by atoms with Crippen molar-refractivity contribution in [3.63, 3.8) is 0 Å². The van der Waals surface area contributed by atoms with E-state index < -0.39 is 0 Å². The number of imidazole rings is 1. The van der Waals surface area contributed by atoms with E-state index in [4.69, 9.17) is 4.42 Å². The van der Waals surface area contributed by atoms with E-state index in [9.17, 15) is 0 Å². The van der Waals surface area contributed by atoms with Crippen molar-refractivity contribution in [2.24, 2.45) is 4.99 Å². The van der Waals surface area contributed by atoms with Crippen LogP contribution in [0, 0.1) is 6.92 Å². The lowest BCUT2D eigenvalue weighted by molar-refractivity contribution is 0.588. The molecule has 0 amide bonds. The molecule has 4 rings (SSSR count). The molecule has 1 aromatic carbocycles. The third-order valence-electron chi connectivity index (χ3n) is 3.40. The highest BCUT2D eigenvalue weighted by molar-refractivity contribution is 6.10. The summed E-state index contributed by atoms with van der Waals surface area (Å²) < 4.78 is 5.82. The third-order valence-corrected chi connectivity index (χ3v) is 3.40. The second-order valence-electron chi connectivity index (χ2n) is 4.65. The van der Waals surface area contributed by atoms with Crippen LogP contribution in [0.15, 0.2) is 33.9 Å². The first kappa shape index (κ1) is 10.5. The van der Waals surface area contributed by atoms with E-state index >= 15 is 0 Å². The molecule has 0 saturated carbocycles. The van der Waals surface area contributed by atoms with Gasteiger partial charge in [-0.15, -0.1) is 0 Å². The van der Waals surface area contributed by atoms with Crippen LogP contribution in [-0.2, 0) is 6.42 Å². The standard InChI is InChI=1S/C14H12N4O/c1-8-3-2-4-10-11(8)18-14(19-10)13-12-9(5-6-15-13)16-7-17-12/h2-4,7H,5-6H2,1H3,(H,16,17). The number of para-hydroxylation sites is 1. The fraction of sp³-hybridized carbons (Fsp3) is 0.214. The molecule has 5 nitrogen and oxygen atoms in total. The molecule has 1 aliphatic heterocycles. The molecule has 0 unspecified atom stereocenters. The van der Waals surface area contributed by atoms with Crippen LogP contribution in [0.1, 0.15) is 22.8 Å². The van der Waals surface area contributed by atoms with Gasteiger partial charge in [0, 0.05) is 18.7 Å². The van der Waals surface area contributed by atoms with Crippen LogP contribution in [0.5, 0.6) is 0 Å². The lowest BCUT2D eigenvalue weighted by Crippen LogP contribution is -2.14. The number of nitrogens with zero attached hydrogens (tertiary/aromatic N) is 3. The van der Waals surface area contributed by atoms with Crippen LogP contribution in [0.2, 0.25) is 0 Å². The van der Waals surface area contributed by atoms with Crippen LogP contribution < -0.4 is 0 Å². The first-order chi connectivity index (χ1) is 9.33. The summed E-state index contributed by atoms with van der Waals surface area (Å²) in [4.78, 5) is 16.5. The molecule has 5 heteroatoms. The first-order valence-electron chi connectivity index (χ1n) is 6.26. The average molecular weight is 252 g/mol. The van der Waals surface area contributed by atoms with Gasteiger partial charge in [-0.3, -0.25) is 4.99 Å².